The van der Waals surface area contributed by atoms with Crippen molar-refractivity contribution in [1.82, 2.24) is 0 Å². The summed E-state index contributed by atoms with van der Waals surface area (Å²) >= 11 is 0. The summed E-state index contributed by atoms with van der Waals surface area (Å²) in [5.41, 5.74) is -0.649. The monoisotopic (exact) mass is 174 g/mol. The number of hydrogen-bond acceptors (Lipinski definition) is 3. The van der Waals surface area contributed by atoms with Crippen LogP contribution in [0.3, 0.4) is 0 Å². The van der Waals surface area contributed by atoms with E-state index >= 15 is 0 Å². The molecule has 0 aromatic carbocycles. The number of carboxylic acids is 1. The van der Waals surface area contributed by atoms with Crippen LogP contribution in [-0.4, -0.2) is 23.1 Å². The first-order valence-electron chi connectivity index (χ1n) is 3.69. The van der Waals surface area contributed by atoms with Gasteiger partial charge in [-0.3, -0.25) is 4.79 Å². The van der Waals surface area contributed by atoms with Crippen molar-refractivity contribution in [3.63, 3.8) is 0 Å². The zero-order valence-electron chi connectivity index (χ0n) is 7.75. The first-order valence-corrected chi connectivity index (χ1v) is 3.69. The van der Waals surface area contributed by atoms with E-state index < -0.39 is 23.5 Å². The summed E-state index contributed by atoms with van der Waals surface area (Å²) in [5, 5.41) is 8.42. The molecule has 0 amide bonds. The lowest BCUT2D eigenvalue weighted by Gasteiger charge is -2.18. The Morgan fingerprint density at radius 3 is 2.00 bits per heavy atom. The average molecular weight is 174 g/mol. The molecule has 1 N–H and O–H groups in total. The lowest BCUT2D eigenvalue weighted by molar-refractivity contribution is -0.168. The summed E-state index contributed by atoms with van der Waals surface area (Å²) in [7, 11) is 0. The molecule has 0 spiro atoms. The van der Waals surface area contributed by atoms with E-state index in [9.17, 15) is 9.59 Å². The predicted octanol–water partition coefficient (Wildman–Crippen LogP) is 1.05. The number of carboxylic acid groups (broad SMARTS) is 1. The molecule has 0 rings (SSSR count). The van der Waals surface area contributed by atoms with Crippen LogP contribution in [0.25, 0.3) is 0 Å². The second kappa shape index (κ2) is 3.56. The van der Waals surface area contributed by atoms with Crippen LogP contribution in [0.4, 0.5) is 0 Å². The van der Waals surface area contributed by atoms with Crippen LogP contribution in [0.1, 0.15) is 27.7 Å². The Balaban J connectivity index is 4.11. The van der Waals surface area contributed by atoms with Crippen LogP contribution in [0, 0.1) is 5.41 Å². The van der Waals surface area contributed by atoms with E-state index in [0.29, 0.717) is 0 Å². The van der Waals surface area contributed by atoms with E-state index in [2.05, 4.69) is 4.74 Å². The summed E-state index contributed by atoms with van der Waals surface area (Å²) in [6, 6.07) is 0. The van der Waals surface area contributed by atoms with Crippen molar-refractivity contribution in [3.8, 4) is 0 Å². The molecule has 4 nitrogen and oxygen atoms in total. The van der Waals surface area contributed by atoms with Gasteiger partial charge in [0, 0.05) is 0 Å². The number of carbonyl (C=O) groups is 2. The Morgan fingerprint density at radius 2 is 1.75 bits per heavy atom. The third-order valence-electron chi connectivity index (χ3n) is 1.24. The molecule has 4 heteroatoms. The third-order valence-corrected chi connectivity index (χ3v) is 1.24. The third kappa shape index (κ3) is 3.37. The number of ether oxygens (including phenoxy) is 1. The van der Waals surface area contributed by atoms with Crippen molar-refractivity contribution in [3.05, 3.63) is 0 Å². The predicted molar refractivity (Wildman–Crippen MR) is 42.6 cm³/mol. The van der Waals surface area contributed by atoms with Gasteiger partial charge in [-0.25, -0.2) is 4.79 Å². The highest BCUT2D eigenvalue weighted by Crippen LogP contribution is 2.16. The molecule has 0 aliphatic carbocycles. The topological polar surface area (TPSA) is 63.6 Å². The molecule has 0 bridgehead atoms. The largest absolute Gasteiger partial charge is 0.479 e. The van der Waals surface area contributed by atoms with E-state index in [0.717, 1.165) is 0 Å². The zero-order chi connectivity index (χ0) is 9.94. The summed E-state index contributed by atoms with van der Waals surface area (Å²) in [6.07, 6.45) is -1.07. The maximum atomic E-state index is 11.1. The van der Waals surface area contributed by atoms with Gasteiger partial charge in [0.25, 0.3) is 0 Å². The first kappa shape index (κ1) is 10.9. The molecule has 0 aromatic heterocycles. The van der Waals surface area contributed by atoms with Crippen molar-refractivity contribution in [2.45, 2.75) is 33.8 Å². The minimum Gasteiger partial charge on any atom is -0.479 e. The van der Waals surface area contributed by atoms with E-state index in [1.165, 1.54) is 6.92 Å². The lowest BCUT2D eigenvalue weighted by atomic mass is 9.97. The zero-order valence-corrected chi connectivity index (χ0v) is 7.75. The van der Waals surface area contributed by atoms with Gasteiger partial charge in [-0.1, -0.05) is 0 Å². The van der Waals surface area contributed by atoms with E-state index in [1.54, 1.807) is 20.8 Å². The summed E-state index contributed by atoms with van der Waals surface area (Å²) in [4.78, 5) is 21.4. The normalized spacial score (nSPS) is 13.7. The first-order chi connectivity index (χ1) is 5.25. The van der Waals surface area contributed by atoms with Gasteiger partial charge in [0.15, 0.2) is 6.10 Å². The number of rotatable bonds is 2. The number of hydrogen-bond donors (Lipinski definition) is 1. The Morgan fingerprint density at radius 1 is 1.33 bits per heavy atom. The fourth-order valence-electron chi connectivity index (χ4n) is 0.388. The molecule has 0 saturated heterocycles. The molecular weight excluding hydrogens is 160 g/mol. The van der Waals surface area contributed by atoms with Crippen LogP contribution in [-0.2, 0) is 14.3 Å². The molecule has 0 aromatic rings. The van der Waals surface area contributed by atoms with Crippen molar-refractivity contribution in [2.75, 3.05) is 0 Å². The molecule has 1 atom stereocenters. The van der Waals surface area contributed by atoms with Gasteiger partial charge in [0.1, 0.15) is 0 Å². The highest BCUT2D eigenvalue weighted by Gasteiger charge is 2.26. The van der Waals surface area contributed by atoms with Crippen LogP contribution in [0.5, 0.6) is 0 Å². The molecule has 0 heterocycles. The van der Waals surface area contributed by atoms with Crippen molar-refractivity contribution in [1.29, 1.82) is 0 Å². The van der Waals surface area contributed by atoms with Crippen LogP contribution < -0.4 is 0 Å². The number of carbonyl (C=O) groups excluding carboxylic acids is 1. The highest BCUT2D eigenvalue weighted by atomic mass is 16.6. The average Bonchev–Trinajstić information content (AvgIpc) is 1.85. The quantitative estimate of drug-likeness (QED) is 0.635. The maximum absolute atomic E-state index is 11.1. The maximum Gasteiger partial charge on any atom is 0.344 e. The molecule has 1 unspecified atom stereocenters. The minimum atomic E-state index is -1.13. The van der Waals surface area contributed by atoms with E-state index in [-0.39, 0.29) is 0 Å². The molecule has 0 aliphatic heterocycles. The standard InChI is InChI=1S/C8H14O4/c1-5(6(9)10)12-7(11)8(2,3)4/h5H,1-4H3,(H,9,10). The highest BCUT2D eigenvalue weighted by molar-refractivity contribution is 5.80. The minimum absolute atomic E-state index is 0.502. The van der Waals surface area contributed by atoms with Crippen LogP contribution >= 0.6 is 0 Å². The van der Waals surface area contributed by atoms with Gasteiger partial charge >= 0.3 is 11.9 Å². The van der Waals surface area contributed by atoms with E-state index in [1.807, 2.05) is 0 Å². The Labute approximate surface area is 71.5 Å². The van der Waals surface area contributed by atoms with Gasteiger partial charge in [0.05, 0.1) is 5.41 Å². The van der Waals surface area contributed by atoms with Crippen molar-refractivity contribution in [2.24, 2.45) is 5.41 Å². The molecule has 12 heavy (non-hydrogen) atoms. The molecule has 0 fully saturated rings. The lowest BCUT2D eigenvalue weighted by Crippen LogP contribution is -2.30. The van der Waals surface area contributed by atoms with Gasteiger partial charge in [0.2, 0.25) is 0 Å². The second-order valence-electron chi connectivity index (χ2n) is 3.64. The fourth-order valence-corrected chi connectivity index (χ4v) is 0.388. The van der Waals surface area contributed by atoms with Gasteiger partial charge in [-0.2, -0.15) is 0 Å². The summed E-state index contributed by atoms with van der Waals surface area (Å²) < 4.78 is 4.64. The molecule has 0 radical (unpaired) electrons. The fraction of sp³-hybridized carbons (Fsp3) is 0.750. The Bertz CT molecular complexity index is 190. The van der Waals surface area contributed by atoms with Crippen molar-refractivity contribution < 1.29 is 19.4 Å². The molecular formula is C8H14O4. The second-order valence-corrected chi connectivity index (χ2v) is 3.64. The van der Waals surface area contributed by atoms with Crippen molar-refractivity contribution >= 4 is 11.9 Å². The SMILES string of the molecule is CC(OC(=O)C(C)(C)C)C(=O)O. The van der Waals surface area contributed by atoms with Crippen LogP contribution in [0.2, 0.25) is 0 Å². The molecule has 70 valence electrons. The Kier molecular flexibility index (Phi) is 3.24. The van der Waals surface area contributed by atoms with Crippen LogP contribution in [0.15, 0.2) is 0 Å². The molecule has 0 aliphatic rings. The Hall–Kier alpha value is -1.06. The van der Waals surface area contributed by atoms with Gasteiger partial charge < -0.3 is 9.84 Å². The number of esters is 1. The smallest absolute Gasteiger partial charge is 0.344 e. The number of aliphatic carboxylic acids is 1. The van der Waals surface area contributed by atoms with Gasteiger partial charge in [-0.05, 0) is 27.7 Å². The summed E-state index contributed by atoms with van der Waals surface area (Å²) in [6.45, 7) is 6.34. The van der Waals surface area contributed by atoms with E-state index in [4.69, 9.17) is 5.11 Å². The molecule has 0 saturated carbocycles. The summed E-state index contributed by atoms with van der Waals surface area (Å²) in [5.74, 6) is -1.63. The van der Waals surface area contributed by atoms with Gasteiger partial charge in [-0.15, -0.1) is 0 Å².